The van der Waals surface area contributed by atoms with Crippen LogP contribution in [-0.2, 0) is 4.79 Å². The minimum absolute atomic E-state index is 0.0199. The molecule has 2 aliphatic rings. The highest BCUT2D eigenvalue weighted by atomic mass is 16.3. The summed E-state index contributed by atoms with van der Waals surface area (Å²) in [6.45, 7) is 0. The zero-order valence-corrected chi connectivity index (χ0v) is 9.86. The highest BCUT2D eigenvalue weighted by Gasteiger charge is 2.48. The number of nitrogens with zero attached hydrogens (tertiary/aromatic N) is 1. The number of rotatable bonds is 0. The fourth-order valence-electron chi connectivity index (χ4n) is 3.07. The lowest BCUT2D eigenvalue weighted by Gasteiger charge is -2.43. The van der Waals surface area contributed by atoms with Gasteiger partial charge in [0.25, 0.3) is 0 Å². The molecule has 0 atom stereocenters. The van der Waals surface area contributed by atoms with E-state index in [0.717, 1.165) is 31.4 Å². The monoisotopic (exact) mass is 232 g/mol. The Morgan fingerprint density at radius 1 is 1.35 bits per heavy atom. The number of carbonyl (C=O) groups excluding carboxylic acids is 1. The van der Waals surface area contributed by atoms with Gasteiger partial charge in [0, 0.05) is 7.05 Å². The number of aromatic hydroxyl groups is 1. The van der Waals surface area contributed by atoms with E-state index < -0.39 is 5.54 Å². The summed E-state index contributed by atoms with van der Waals surface area (Å²) in [5.74, 6) is 0.155. The quantitative estimate of drug-likeness (QED) is 0.673. The van der Waals surface area contributed by atoms with E-state index >= 15 is 0 Å². The van der Waals surface area contributed by atoms with Crippen molar-refractivity contribution in [1.82, 2.24) is 0 Å². The van der Waals surface area contributed by atoms with Gasteiger partial charge < -0.3 is 15.3 Å². The van der Waals surface area contributed by atoms with Gasteiger partial charge in [0.05, 0.1) is 5.69 Å². The summed E-state index contributed by atoms with van der Waals surface area (Å²) in [6, 6.07) is 5.35. The van der Waals surface area contributed by atoms with E-state index in [2.05, 4.69) is 5.32 Å². The molecule has 4 heteroatoms. The van der Waals surface area contributed by atoms with Crippen molar-refractivity contribution in [3.05, 3.63) is 18.2 Å². The number of amides is 1. The Bertz CT molecular complexity index is 478. The van der Waals surface area contributed by atoms with Crippen LogP contribution in [0.15, 0.2) is 18.2 Å². The molecule has 1 heterocycles. The molecule has 2 N–H and O–H groups in total. The molecule has 90 valence electrons. The van der Waals surface area contributed by atoms with Crippen molar-refractivity contribution < 1.29 is 9.90 Å². The van der Waals surface area contributed by atoms with Crippen molar-refractivity contribution in [3.8, 4) is 5.75 Å². The number of phenols is 1. The number of carbonyl (C=O) groups is 1. The van der Waals surface area contributed by atoms with Crippen molar-refractivity contribution in [2.75, 3.05) is 17.3 Å². The Labute approximate surface area is 100 Å². The van der Waals surface area contributed by atoms with Gasteiger partial charge in [-0.3, -0.25) is 4.79 Å². The van der Waals surface area contributed by atoms with Gasteiger partial charge in [-0.15, -0.1) is 0 Å². The minimum Gasteiger partial charge on any atom is -0.506 e. The third-order valence-corrected chi connectivity index (χ3v) is 4.12. The number of hydrogen-bond donors (Lipinski definition) is 2. The first-order valence-corrected chi connectivity index (χ1v) is 6.02. The molecule has 4 nitrogen and oxygen atoms in total. The molecular formula is C13H16N2O2. The van der Waals surface area contributed by atoms with Crippen LogP contribution in [-0.4, -0.2) is 23.6 Å². The Morgan fingerprint density at radius 2 is 2.06 bits per heavy atom. The van der Waals surface area contributed by atoms with Crippen molar-refractivity contribution in [3.63, 3.8) is 0 Å². The van der Waals surface area contributed by atoms with E-state index in [9.17, 15) is 9.90 Å². The maximum absolute atomic E-state index is 12.3. The number of anilines is 2. The summed E-state index contributed by atoms with van der Waals surface area (Å²) in [6.07, 6.45) is 3.96. The molecule has 0 radical (unpaired) electrons. The van der Waals surface area contributed by atoms with Crippen LogP contribution in [0.2, 0.25) is 0 Å². The zero-order chi connectivity index (χ0) is 12.0. The van der Waals surface area contributed by atoms with Gasteiger partial charge in [-0.05, 0) is 25.0 Å². The lowest BCUT2D eigenvalue weighted by atomic mass is 9.90. The number of hydrogen-bond acceptors (Lipinski definition) is 3. The molecule has 1 aromatic rings. The smallest absolute Gasteiger partial charge is 0.250 e. The largest absolute Gasteiger partial charge is 0.506 e. The van der Waals surface area contributed by atoms with Crippen LogP contribution in [0.25, 0.3) is 0 Å². The van der Waals surface area contributed by atoms with Crippen LogP contribution in [0.1, 0.15) is 25.7 Å². The molecule has 17 heavy (non-hydrogen) atoms. The fourth-order valence-corrected chi connectivity index (χ4v) is 3.07. The Morgan fingerprint density at radius 3 is 2.76 bits per heavy atom. The minimum atomic E-state index is -0.402. The standard InChI is InChI=1S/C13H16N2O2/c1-15-9-5-4-6-10(16)11(9)14-12(17)13(15)7-2-3-8-13/h4-6,16H,2-3,7-8H2,1H3,(H,14,17). The van der Waals surface area contributed by atoms with Crippen LogP contribution in [0, 0.1) is 0 Å². The SMILES string of the molecule is CN1c2cccc(O)c2NC(=O)C12CCCC2. The van der Waals surface area contributed by atoms with Crippen LogP contribution in [0.3, 0.4) is 0 Å². The summed E-state index contributed by atoms with van der Waals surface area (Å²) >= 11 is 0. The van der Waals surface area contributed by atoms with E-state index in [-0.39, 0.29) is 11.7 Å². The highest BCUT2D eigenvalue weighted by Crippen LogP contribution is 2.46. The van der Waals surface area contributed by atoms with Gasteiger partial charge >= 0.3 is 0 Å². The molecule has 0 aromatic heterocycles. The number of benzene rings is 1. The second kappa shape index (κ2) is 3.39. The lowest BCUT2D eigenvalue weighted by Crippen LogP contribution is -2.56. The fraction of sp³-hybridized carbons (Fsp3) is 0.462. The van der Waals surface area contributed by atoms with Gasteiger partial charge in [0.15, 0.2) is 0 Å². The second-order valence-corrected chi connectivity index (χ2v) is 4.92. The van der Waals surface area contributed by atoms with E-state index in [1.54, 1.807) is 6.07 Å². The summed E-state index contributed by atoms with van der Waals surface area (Å²) in [4.78, 5) is 14.3. The molecule has 1 aromatic carbocycles. The Hall–Kier alpha value is -1.71. The number of para-hydroxylation sites is 1. The van der Waals surface area contributed by atoms with Crippen molar-refractivity contribution in [2.24, 2.45) is 0 Å². The summed E-state index contributed by atoms with van der Waals surface area (Å²) in [7, 11) is 1.95. The maximum atomic E-state index is 12.3. The molecule has 3 rings (SSSR count). The van der Waals surface area contributed by atoms with E-state index in [4.69, 9.17) is 0 Å². The summed E-state index contributed by atoms with van der Waals surface area (Å²) in [5.41, 5.74) is 1.05. The molecule has 1 saturated carbocycles. The molecule has 0 saturated heterocycles. The molecule has 1 spiro atoms. The molecule has 1 amide bonds. The average molecular weight is 232 g/mol. The predicted molar refractivity (Wildman–Crippen MR) is 66.3 cm³/mol. The van der Waals surface area contributed by atoms with Crippen molar-refractivity contribution >= 4 is 17.3 Å². The van der Waals surface area contributed by atoms with Gasteiger partial charge in [0.2, 0.25) is 5.91 Å². The highest BCUT2D eigenvalue weighted by molar-refractivity contribution is 6.08. The molecule has 1 fully saturated rings. The summed E-state index contributed by atoms with van der Waals surface area (Å²) in [5, 5.41) is 12.6. The number of phenolic OH excluding ortho intramolecular Hbond substituents is 1. The maximum Gasteiger partial charge on any atom is 0.250 e. The molecule has 1 aliphatic heterocycles. The molecule has 0 unspecified atom stereocenters. The van der Waals surface area contributed by atoms with Gasteiger partial charge in [-0.2, -0.15) is 0 Å². The molecule has 0 bridgehead atoms. The average Bonchev–Trinajstić information content (AvgIpc) is 2.79. The van der Waals surface area contributed by atoms with Crippen LogP contribution < -0.4 is 10.2 Å². The first-order chi connectivity index (χ1) is 8.15. The lowest BCUT2D eigenvalue weighted by molar-refractivity contribution is -0.121. The van der Waals surface area contributed by atoms with Crippen LogP contribution >= 0.6 is 0 Å². The van der Waals surface area contributed by atoms with Gasteiger partial charge in [0.1, 0.15) is 17.0 Å². The number of nitrogens with one attached hydrogen (secondary N) is 1. The van der Waals surface area contributed by atoms with Crippen molar-refractivity contribution in [1.29, 1.82) is 0 Å². The van der Waals surface area contributed by atoms with Crippen LogP contribution in [0.4, 0.5) is 11.4 Å². The van der Waals surface area contributed by atoms with Crippen molar-refractivity contribution in [2.45, 2.75) is 31.2 Å². The Balaban J connectivity index is 2.13. The van der Waals surface area contributed by atoms with E-state index in [0.29, 0.717) is 5.69 Å². The molecule has 1 aliphatic carbocycles. The van der Waals surface area contributed by atoms with Gasteiger partial charge in [-0.25, -0.2) is 0 Å². The Kier molecular flexibility index (Phi) is 2.08. The number of likely N-dealkylation sites (N-methyl/N-ethyl adjacent to an activating group) is 1. The van der Waals surface area contributed by atoms with Gasteiger partial charge in [-0.1, -0.05) is 18.9 Å². The predicted octanol–water partition coefficient (Wildman–Crippen LogP) is 2.09. The van der Waals surface area contributed by atoms with E-state index in [1.807, 2.05) is 24.1 Å². The first-order valence-electron chi connectivity index (χ1n) is 6.02. The number of fused-ring (bicyclic) bond motifs is 1. The summed E-state index contributed by atoms with van der Waals surface area (Å²) < 4.78 is 0. The van der Waals surface area contributed by atoms with E-state index in [1.165, 1.54) is 0 Å². The normalized spacial score (nSPS) is 21.5. The first kappa shape index (κ1) is 10.4. The second-order valence-electron chi connectivity index (χ2n) is 4.92. The third-order valence-electron chi connectivity index (χ3n) is 4.12. The van der Waals surface area contributed by atoms with Crippen LogP contribution in [0.5, 0.6) is 5.75 Å². The molecular weight excluding hydrogens is 216 g/mol. The third kappa shape index (κ3) is 1.27. The zero-order valence-electron chi connectivity index (χ0n) is 9.86. The topological polar surface area (TPSA) is 52.6 Å².